The average molecular weight is 386 g/mol. The number of rotatable bonds is 4. The zero-order valence-electron chi connectivity index (χ0n) is 15.4. The first-order valence-corrected chi connectivity index (χ1v) is 8.37. The summed E-state index contributed by atoms with van der Waals surface area (Å²) in [5.41, 5.74) is -1.73. The first kappa shape index (κ1) is 19.1. The van der Waals surface area contributed by atoms with Gasteiger partial charge in [0, 0.05) is 23.9 Å². The predicted octanol–water partition coefficient (Wildman–Crippen LogP) is 1.93. The van der Waals surface area contributed by atoms with E-state index in [1.165, 1.54) is 12.1 Å². The van der Waals surface area contributed by atoms with Gasteiger partial charge < -0.3 is 19.3 Å². The molecule has 146 valence electrons. The standard InChI is InChI=1S/C18H18N4O6/c1-18(2,3)28-17(25)13-5-4-6-21(13)9-10-7-11(22(26)27)8-12-14(10)20-16(24)15(23)19-12/h4-8H,9H2,1-3H3,(H,19,23)(H,20,24). The second-order valence-corrected chi connectivity index (χ2v) is 7.22. The third kappa shape index (κ3) is 3.85. The summed E-state index contributed by atoms with van der Waals surface area (Å²) in [5.74, 6) is -0.547. The number of esters is 1. The summed E-state index contributed by atoms with van der Waals surface area (Å²) in [6.45, 7) is 5.27. The van der Waals surface area contributed by atoms with Crippen LogP contribution in [0.2, 0.25) is 0 Å². The largest absolute Gasteiger partial charge is 0.455 e. The molecule has 0 spiro atoms. The van der Waals surface area contributed by atoms with Gasteiger partial charge in [-0.3, -0.25) is 19.7 Å². The molecule has 0 saturated heterocycles. The molecule has 10 heteroatoms. The van der Waals surface area contributed by atoms with Crippen LogP contribution >= 0.6 is 0 Å². The van der Waals surface area contributed by atoms with Gasteiger partial charge in [0.05, 0.1) is 22.5 Å². The molecule has 10 nitrogen and oxygen atoms in total. The molecule has 0 atom stereocenters. The molecule has 0 bridgehead atoms. The second kappa shape index (κ2) is 6.80. The Bertz CT molecular complexity index is 1200. The van der Waals surface area contributed by atoms with E-state index in [1.807, 2.05) is 0 Å². The zero-order chi connectivity index (χ0) is 20.6. The Balaban J connectivity index is 2.11. The van der Waals surface area contributed by atoms with Gasteiger partial charge in [0.2, 0.25) is 0 Å². The molecule has 0 aliphatic rings. The fourth-order valence-corrected chi connectivity index (χ4v) is 2.76. The monoisotopic (exact) mass is 386 g/mol. The minimum Gasteiger partial charge on any atom is -0.455 e. The highest BCUT2D eigenvalue weighted by Gasteiger charge is 2.21. The quantitative estimate of drug-likeness (QED) is 0.304. The van der Waals surface area contributed by atoms with Crippen molar-refractivity contribution in [2.75, 3.05) is 0 Å². The van der Waals surface area contributed by atoms with Crippen molar-refractivity contribution in [2.24, 2.45) is 0 Å². The maximum atomic E-state index is 12.4. The molecule has 0 radical (unpaired) electrons. The van der Waals surface area contributed by atoms with Crippen molar-refractivity contribution in [3.8, 4) is 0 Å². The molecule has 0 aliphatic carbocycles. The van der Waals surface area contributed by atoms with Crippen LogP contribution in [0, 0.1) is 10.1 Å². The van der Waals surface area contributed by atoms with E-state index >= 15 is 0 Å². The maximum Gasteiger partial charge on any atom is 0.355 e. The Morgan fingerprint density at radius 3 is 2.54 bits per heavy atom. The van der Waals surface area contributed by atoms with E-state index in [4.69, 9.17) is 4.74 Å². The highest BCUT2D eigenvalue weighted by Crippen LogP contribution is 2.23. The average Bonchev–Trinajstić information content (AvgIpc) is 3.03. The fraction of sp³-hybridized carbons (Fsp3) is 0.278. The third-order valence-corrected chi connectivity index (χ3v) is 3.89. The molecule has 2 heterocycles. The number of nitro benzene ring substituents is 1. The Hall–Kier alpha value is -3.69. The van der Waals surface area contributed by atoms with E-state index in [1.54, 1.807) is 43.7 Å². The van der Waals surface area contributed by atoms with Gasteiger partial charge in [-0.15, -0.1) is 0 Å². The van der Waals surface area contributed by atoms with Crippen molar-refractivity contribution in [1.82, 2.24) is 14.5 Å². The number of carbonyl (C=O) groups is 1. The lowest BCUT2D eigenvalue weighted by atomic mass is 10.1. The van der Waals surface area contributed by atoms with Gasteiger partial charge in [-0.25, -0.2) is 4.79 Å². The first-order valence-electron chi connectivity index (χ1n) is 8.37. The van der Waals surface area contributed by atoms with E-state index in [-0.39, 0.29) is 29.0 Å². The van der Waals surface area contributed by atoms with Crippen molar-refractivity contribution in [2.45, 2.75) is 32.9 Å². The minimum atomic E-state index is -0.908. The lowest BCUT2D eigenvalue weighted by Gasteiger charge is -2.20. The summed E-state index contributed by atoms with van der Waals surface area (Å²) >= 11 is 0. The number of fused-ring (bicyclic) bond motifs is 1. The fourth-order valence-electron chi connectivity index (χ4n) is 2.76. The van der Waals surface area contributed by atoms with E-state index in [0.717, 1.165) is 0 Å². The molecular weight excluding hydrogens is 368 g/mol. The summed E-state index contributed by atoms with van der Waals surface area (Å²) in [4.78, 5) is 51.1. The Kier molecular flexibility index (Phi) is 4.63. The number of ether oxygens (including phenoxy) is 1. The summed E-state index contributed by atoms with van der Waals surface area (Å²) < 4.78 is 6.92. The number of carbonyl (C=O) groups excluding carboxylic acids is 1. The van der Waals surface area contributed by atoms with Crippen LogP contribution in [0.25, 0.3) is 11.0 Å². The summed E-state index contributed by atoms with van der Waals surface area (Å²) in [7, 11) is 0. The van der Waals surface area contributed by atoms with E-state index in [2.05, 4.69) is 9.97 Å². The van der Waals surface area contributed by atoms with Crippen molar-refractivity contribution < 1.29 is 14.5 Å². The van der Waals surface area contributed by atoms with Gasteiger partial charge in [0.1, 0.15) is 11.3 Å². The Morgan fingerprint density at radius 2 is 1.89 bits per heavy atom. The topological polar surface area (TPSA) is 140 Å². The molecule has 28 heavy (non-hydrogen) atoms. The highest BCUT2D eigenvalue weighted by molar-refractivity contribution is 5.88. The van der Waals surface area contributed by atoms with Crippen LogP contribution in [-0.2, 0) is 11.3 Å². The number of non-ortho nitro benzene ring substituents is 1. The lowest BCUT2D eigenvalue weighted by Crippen LogP contribution is -2.29. The number of benzene rings is 1. The molecule has 0 unspecified atom stereocenters. The van der Waals surface area contributed by atoms with Crippen LogP contribution in [0.1, 0.15) is 36.8 Å². The summed E-state index contributed by atoms with van der Waals surface area (Å²) in [6, 6.07) is 5.66. The number of nitrogens with one attached hydrogen (secondary N) is 2. The van der Waals surface area contributed by atoms with Crippen LogP contribution in [0.3, 0.4) is 0 Å². The van der Waals surface area contributed by atoms with Crippen molar-refractivity contribution >= 4 is 22.7 Å². The molecular formula is C18H18N4O6. The molecule has 3 aromatic rings. The summed E-state index contributed by atoms with van der Waals surface area (Å²) in [6.07, 6.45) is 1.62. The molecule has 0 amide bonds. The molecule has 3 rings (SSSR count). The Morgan fingerprint density at radius 1 is 1.21 bits per heavy atom. The van der Waals surface area contributed by atoms with Gasteiger partial charge >= 0.3 is 17.1 Å². The number of nitro groups is 1. The van der Waals surface area contributed by atoms with Gasteiger partial charge in [0.25, 0.3) is 5.69 Å². The number of nitrogens with zero attached hydrogens (tertiary/aromatic N) is 2. The zero-order valence-corrected chi connectivity index (χ0v) is 15.4. The van der Waals surface area contributed by atoms with Gasteiger partial charge in [-0.2, -0.15) is 0 Å². The number of aromatic nitrogens is 3. The van der Waals surface area contributed by atoms with E-state index in [0.29, 0.717) is 5.56 Å². The minimum absolute atomic E-state index is 0.0434. The van der Waals surface area contributed by atoms with Crippen molar-refractivity contribution in [1.29, 1.82) is 0 Å². The third-order valence-electron chi connectivity index (χ3n) is 3.89. The molecule has 2 N–H and O–H groups in total. The summed E-state index contributed by atoms with van der Waals surface area (Å²) in [5, 5.41) is 11.2. The number of hydrogen-bond acceptors (Lipinski definition) is 6. The number of hydrogen-bond donors (Lipinski definition) is 2. The van der Waals surface area contributed by atoms with Crippen LogP contribution in [0.5, 0.6) is 0 Å². The van der Waals surface area contributed by atoms with Gasteiger partial charge in [-0.1, -0.05) is 0 Å². The van der Waals surface area contributed by atoms with Crippen LogP contribution in [0.4, 0.5) is 5.69 Å². The van der Waals surface area contributed by atoms with E-state index < -0.39 is 27.6 Å². The highest BCUT2D eigenvalue weighted by atomic mass is 16.6. The molecule has 0 aliphatic heterocycles. The molecule has 1 aromatic carbocycles. The van der Waals surface area contributed by atoms with Crippen LogP contribution in [0.15, 0.2) is 40.1 Å². The SMILES string of the molecule is CC(C)(C)OC(=O)c1cccn1Cc1cc([N+](=O)[O-])cc2[nH]c(=O)c(=O)[nH]c12. The lowest BCUT2D eigenvalue weighted by molar-refractivity contribution is -0.384. The van der Waals surface area contributed by atoms with Gasteiger partial charge in [0.15, 0.2) is 0 Å². The number of H-pyrrole nitrogens is 2. The normalized spacial score (nSPS) is 11.5. The first-order chi connectivity index (χ1) is 13.0. The van der Waals surface area contributed by atoms with Crippen molar-refractivity contribution in [3.05, 3.63) is 72.5 Å². The Labute approximate surface area is 157 Å². The maximum absolute atomic E-state index is 12.4. The number of aromatic amines is 2. The van der Waals surface area contributed by atoms with Crippen LogP contribution in [-0.4, -0.2) is 31.0 Å². The van der Waals surface area contributed by atoms with Crippen LogP contribution < -0.4 is 11.1 Å². The smallest absolute Gasteiger partial charge is 0.355 e. The van der Waals surface area contributed by atoms with Gasteiger partial charge in [-0.05, 0) is 32.9 Å². The van der Waals surface area contributed by atoms with E-state index in [9.17, 15) is 24.5 Å². The predicted molar refractivity (Wildman–Crippen MR) is 101 cm³/mol. The second-order valence-electron chi connectivity index (χ2n) is 7.22. The molecule has 0 saturated carbocycles. The molecule has 2 aromatic heterocycles. The van der Waals surface area contributed by atoms with Crippen molar-refractivity contribution in [3.63, 3.8) is 0 Å². The molecule has 0 fully saturated rings.